The van der Waals surface area contributed by atoms with Crippen molar-refractivity contribution in [3.63, 3.8) is 0 Å². The molecular weight excluding hydrogens is 757 g/mol. The average Bonchev–Trinajstić information content (AvgIpc) is 3.19. The van der Waals surface area contributed by atoms with Gasteiger partial charge in [0.05, 0.1) is 24.5 Å². The van der Waals surface area contributed by atoms with Gasteiger partial charge in [-0.05, 0) is 71.8 Å². The molecule has 0 aromatic heterocycles. The molecule has 0 aliphatic carbocycles. The number of carboxylic acid groups (broad SMARTS) is 2. The topological polar surface area (TPSA) is 239 Å². The third-order valence-corrected chi connectivity index (χ3v) is 10.9. The minimum absolute atomic E-state index is 0.00386. The van der Waals surface area contributed by atoms with Crippen molar-refractivity contribution in [1.29, 1.82) is 0 Å². The molecule has 2 unspecified atom stereocenters. The minimum Gasteiger partial charge on any atom is -0.481 e. The van der Waals surface area contributed by atoms with Gasteiger partial charge in [-0.15, -0.1) is 0 Å². The van der Waals surface area contributed by atoms with Gasteiger partial charge in [-0.25, -0.2) is 0 Å². The second-order valence-electron chi connectivity index (χ2n) is 16.3. The number of hydrogen-bond acceptors (Lipinski definition) is 10. The molecule has 0 aliphatic rings. The maximum absolute atomic E-state index is 13.0. The molecule has 0 rings (SSSR count). The highest BCUT2D eigenvalue weighted by molar-refractivity contribution is 5.90. The van der Waals surface area contributed by atoms with Crippen LogP contribution >= 0.6 is 0 Å². The van der Waals surface area contributed by atoms with Crippen molar-refractivity contribution in [2.45, 2.75) is 212 Å². The summed E-state index contributed by atoms with van der Waals surface area (Å²) in [4.78, 5) is 96.3. The number of ketones is 4. The first-order chi connectivity index (χ1) is 28.3. The number of nitrogens with two attached hydrogens (primary N) is 1. The zero-order valence-electron chi connectivity index (χ0n) is 36.6. The number of likely N-dealkylation sites (N-methyl/N-ethyl adjacent to an activating group) is 1. The van der Waals surface area contributed by atoms with E-state index in [0.717, 1.165) is 51.4 Å². The molecule has 0 spiro atoms. The number of carbonyl (C=O) groups is 8. The number of unbranched alkanes of at least 4 members (excludes halogenated alkanes) is 17. The van der Waals surface area contributed by atoms with E-state index in [2.05, 4.69) is 16.0 Å². The molecule has 14 heteroatoms. The Hall–Kier alpha value is -3.52. The highest BCUT2D eigenvalue weighted by atomic mass is 16.4. The van der Waals surface area contributed by atoms with Crippen LogP contribution in [0.3, 0.4) is 0 Å². The Labute approximate surface area is 354 Å². The van der Waals surface area contributed by atoms with Gasteiger partial charge in [0.15, 0.2) is 11.6 Å². The van der Waals surface area contributed by atoms with Crippen LogP contribution in [0.1, 0.15) is 200 Å². The molecular formula is C45H80N4O10. The summed E-state index contributed by atoms with van der Waals surface area (Å²) >= 11 is 0. The van der Waals surface area contributed by atoms with Gasteiger partial charge < -0.3 is 36.7 Å². The van der Waals surface area contributed by atoms with Crippen LogP contribution in [0.25, 0.3) is 0 Å². The van der Waals surface area contributed by atoms with E-state index >= 15 is 0 Å². The van der Waals surface area contributed by atoms with E-state index in [-0.39, 0.29) is 80.2 Å². The number of rotatable bonds is 43. The van der Waals surface area contributed by atoms with Crippen molar-refractivity contribution in [3.8, 4) is 0 Å². The summed E-state index contributed by atoms with van der Waals surface area (Å²) in [5.74, 6) is -4.07. The summed E-state index contributed by atoms with van der Waals surface area (Å²) in [6, 6.07) is -1.27. The monoisotopic (exact) mass is 837 g/mol. The largest absolute Gasteiger partial charge is 0.481 e. The fourth-order valence-corrected chi connectivity index (χ4v) is 7.17. The number of amides is 2. The number of carboxylic acids is 2. The Morgan fingerprint density at radius 3 is 1.51 bits per heavy atom. The van der Waals surface area contributed by atoms with Crippen LogP contribution in [0.2, 0.25) is 0 Å². The summed E-state index contributed by atoms with van der Waals surface area (Å²) < 4.78 is 0. The predicted molar refractivity (Wildman–Crippen MR) is 230 cm³/mol. The summed E-state index contributed by atoms with van der Waals surface area (Å²) in [5, 5.41) is 27.3. The van der Waals surface area contributed by atoms with Crippen molar-refractivity contribution < 1.29 is 48.6 Å². The lowest BCUT2D eigenvalue weighted by Gasteiger charge is -2.18. The van der Waals surface area contributed by atoms with E-state index in [1.165, 1.54) is 51.4 Å². The second-order valence-corrected chi connectivity index (χ2v) is 16.3. The zero-order valence-corrected chi connectivity index (χ0v) is 36.6. The third kappa shape index (κ3) is 34.0. The van der Waals surface area contributed by atoms with Crippen molar-refractivity contribution in [2.24, 2.45) is 11.7 Å². The molecule has 0 saturated carbocycles. The van der Waals surface area contributed by atoms with Gasteiger partial charge in [0.25, 0.3) is 0 Å². The molecule has 0 fully saturated rings. The molecule has 0 aliphatic heterocycles. The van der Waals surface area contributed by atoms with Gasteiger partial charge >= 0.3 is 11.9 Å². The highest BCUT2D eigenvalue weighted by Gasteiger charge is 2.25. The summed E-state index contributed by atoms with van der Waals surface area (Å²) in [6.45, 7) is 2.17. The van der Waals surface area contributed by atoms with E-state index < -0.39 is 29.8 Å². The van der Waals surface area contributed by atoms with Gasteiger partial charge in [-0.3, -0.25) is 33.6 Å². The van der Waals surface area contributed by atoms with Crippen molar-refractivity contribution in [3.05, 3.63) is 0 Å². The van der Waals surface area contributed by atoms with E-state index in [9.17, 15) is 48.6 Å². The number of carbonyl (C=O) groups excluding carboxylic acids is 6. The number of aliphatic carboxylic acids is 2. The quantitative estimate of drug-likeness (QED) is 0.0343. The highest BCUT2D eigenvalue weighted by Crippen LogP contribution is 2.18. The Bertz CT molecular complexity index is 1230. The number of hydrogen-bond donors (Lipinski definition) is 6. The summed E-state index contributed by atoms with van der Waals surface area (Å²) in [6.07, 6.45) is 21.3. The first kappa shape index (κ1) is 55.5. The second kappa shape index (κ2) is 37.5. The molecule has 14 nitrogen and oxygen atoms in total. The molecule has 2 amide bonds. The van der Waals surface area contributed by atoms with E-state index in [0.29, 0.717) is 57.9 Å². The first-order valence-electron chi connectivity index (χ1n) is 22.7. The fraction of sp³-hybridized carbons (Fsp3) is 0.822. The molecule has 3 atom stereocenters. The number of nitrogens with one attached hydrogen (secondary N) is 3. The normalized spacial score (nSPS) is 12.7. The van der Waals surface area contributed by atoms with Crippen LogP contribution in [0.4, 0.5) is 0 Å². The first-order valence-corrected chi connectivity index (χ1v) is 22.7. The lowest BCUT2D eigenvalue weighted by atomic mass is 9.94. The predicted octanol–water partition coefficient (Wildman–Crippen LogP) is 6.92. The summed E-state index contributed by atoms with van der Waals surface area (Å²) in [5.41, 5.74) is 5.41. The van der Waals surface area contributed by atoms with E-state index in [4.69, 9.17) is 5.73 Å². The average molecular weight is 837 g/mol. The van der Waals surface area contributed by atoms with Crippen LogP contribution in [0.5, 0.6) is 0 Å². The summed E-state index contributed by atoms with van der Waals surface area (Å²) in [7, 11) is 1.72. The fourth-order valence-electron chi connectivity index (χ4n) is 7.17. The molecule has 0 bridgehead atoms. The Balaban J connectivity index is 4.28. The van der Waals surface area contributed by atoms with Gasteiger partial charge in [-0.1, -0.05) is 89.9 Å². The Morgan fingerprint density at radius 2 is 1.02 bits per heavy atom. The molecule has 0 radical (unpaired) electrons. The Kier molecular flexibility index (Phi) is 35.2. The van der Waals surface area contributed by atoms with Crippen LogP contribution in [0, 0.1) is 5.92 Å². The van der Waals surface area contributed by atoms with E-state index in [1.54, 1.807) is 14.0 Å². The lowest BCUT2D eigenvalue weighted by Crippen LogP contribution is -2.41. The SMILES string of the molecule is CN[C@@H](CCCCNC(=O)CCCCCCC(=O)C(CCC(=O)O)NC(=O)CCC(CC(=O)CCCCCCCCCCCCCCCCC(C)=O)C(=O)O)C(=O)CN. The number of Topliss-reactive ketones (excluding diaryl/α,β-unsaturated/α-hetero) is 4. The molecule has 0 aromatic carbocycles. The van der Waals surface area contributed by atoms with Crippen molar-refractivity contribution in [2.75, 3.05) is 20.1 Å². The Morgan fingerprint density at radius 1 is 0.508 bits per heavy atom. The molecule has 0 aromatic rings. The van der Waals surface area contributed by atoms with Crippen LogP contribution in [-0.4, -0.2) is 89.3 Å². The smallest absolute Gasteiger partial charge is 0.306 e. The maximum atomic E-state index is 13.0. The van der Waals surface area contributed by atoms with Gasteiger partial charge in [0.1, 0.15) is 11.6 Å². The third-order valence-electron chi connectivity index (χ3n) is 10.9. The zero-order chi connectivity index (χ0) is 44.1. The van der Waals surface area contributed by atoms with Crippen molar-refractivity contribution >= 4 is 46.9 Å². The molecule has 0 heterocycles. The van der Waals surface area contributed by atoms with Gasteiger partial charge in [0, 0.05) is 51.5 Å². The van der Waals surface area contributed by atoms with Crippen LogP contribution in [0.15, 0.2) is 0 Å². The lowest BCUT2D eigenvalue weighted by molar-refractivity contribution is -0.144. The molecule has 59 heavy (non-hydrogen) atoms. The van der Waals surface area contributed by atoms with Crippen LogP contribution in [-0.2, 0) is 38.4 Å². The standard InChI is InChI=1S/C45H80N4O10/c1-35(50)23-17-13-11-9-7-5-3-4-6-8-10-12-14-18-24-37(51)33-36(45(58)59)28-30-43(55)49-39(29-31-44(56)57)40(52)26-19-15-16-20-27-42(54)48-32-22-21-25-38(47-2)41(53)34-46/h36,38-39,47H,3-34,46H2,1-2H3,(H,48,54)(H,49,55)(H,56,57)(H,58,59)/t36?,38-,39?/m0/s1. The molecule has 0 saturated heterocycles. The minimum atomic E-state index is -1.15. The maximum Gasteiger partial charge on any atom is 0.306 e. The van der Waals surface area contributed by atoms with E-state index in [1.807, 2.05) is 0 Å². The van der Waals surface area contributed by atoms with Gasteiger partial charge in [0.2, 0.25) is 11.8 Å². The van der Waals surface area contributed by atoms with Crippen molar-refractivity contribution in [1.82, 2.24) is 16.0 Å². The van der Waals surface area contributed by atoms with Crippen LogP contribution < -0.4 is 21.7 Å². The van der Waals surface area contributed by atoms with Gasteiger partial charge in [-0.2, -0.15) is 0 Å². The molecule has 340 valence electrons. The molecule has 7 N–H and O–H groups in total.